The summed E-state index contributed by atoms with van der Waals surface area (Å²) in [6.45, 7) is 10.3. The van der Waals surface area contributed by atoms with E-state index in [0.29, 0.717) is 6.04 Å². The molecular weight excluding hydrogens is 220 g/mol. The summed E-state index contributed by atoms with van der Waals surface area (Å²) < 4.78 is 0. The first kappa shape index (κ1) is 13.4. The van der Waals surface area contributed by atoms with E-state index in [1.165, 1.54) is 30.6 Å². The molecule has 2 heteroatoms. The van der Waals surface area contributed by atoms with Crippen LogP contribution in [0.2, 0.25) is 0 Å². The minimum Gasteiger partial charge on any atom is -0.367 e. The molecule has 1 N–H and O–H groups in total. The van der Waals surface area contributed by atoms with E-state index in [-0.39, 0.29) is 0 Å². The number of nitrogens with one attached hydrogen (secondary N) is 1. The topological polar surface area (TPSA) is 15.3 Å². The second-order valence-electron chi connectivity index (χ2n) is 5.64. The summed E-state index contributed by atoms with van der Waals surface area (Å²) in [6, 6.07) is 9.45. The van der Waals surface area contributed by atoms with Crippen LogP contribution in [0.3, 0.4) is 0 Å². The smallest absolute Gasteiger partial charge is 0.0401 e. The highest BCUT2D eigenvalue weighted by Crippen LogP contribution is 2.30. The Kier molecular flexibility index (Phi) is 4.65. The number of fused-ring (bicyclic) bond motifs is 1. The van der Waals surface area contributed by atoms with Gasteiger partial charge in [0, 0.05) is 24.8 Å². The van der Waals surface area contributed by atoms with Crippen LogP contribution >= 0.6 is 0 Å². The molecule has 1 aromatic rings. The van der Waals surface area contributed by atoms with Crippen LogP contribution in [0.1, 0.15) is 32.8 Å². The van der Waals surface area contributed by atoms with Crippen molar-refractivity contribution in [2.24, 2.45) is 5.92 Å². The van der Waals surface area contributed by atoms with Crippen molar-refractivity contribution in [3.05, 3.63) is 29.8 Å². The number of hydrogen-bond acceptors (Lipinski definition) is 2. The molecule has 18 heavy (non-hydrogen) atoms. The second kappa shape index (κ2) is 6.24. The number of nitrogens with zero attached hydrogens (tertiary/aromatic N) is 1. The molecule has 0 saturated heterocycles. The molecular formula is C16H26N2. The maximum absolute atomic E-state index is 3.54. The highest BCUT2D eigenvalue weighted by Gasteiger charge is 2.24. The molecule has 2 nitrogen and oxygen atoms in total. The zero-order valence-electron chi connectivity index (χ0n) is 11.9. The Labute approximate surface area is 111 Å². The lowest BCUT2D eigenvalue weighted by Crippen LogP contribution is -2.45. The standard InChI is InChI=1S/C16H26N2/c1-4-9-17-11-14(3)18-12-13(2)10-15-7-5-6-8-16(15)18/h5-8,13-14,17H,4,9-12H2,1-3H3. The number of para-hydroxylation sites is 1. The van der Waals surface area contributed by atoms with Gasteiger partial charge in [-0.3, -0.25) is 0 Å². The zero-order valence-corrected chi connectivity index (χ0v) is 11.9. The number of rotatable bonds is 5. The van der Waals surface area contributed by atoms with Crippen LogP contribution in [0.5, 0.6) is 0 Å². The molecule has 2 rings (SSSR count). The Morgan fingerprint density at radius 2 is 2.17 bits per heavy atom. The summed E-state index contributed by atoms with van der Waals surface area (Å²) in [4.78, 5) is 2.58. The summed E-state index contributed by atoms with van der Waals surface area (Å²) in [5.74, 6) is 0.758. The van der Waals surface area contributed by atoms with Crippen molar-refractivity contribution in [1.82, 2.24) is 5.32 Å². The average Bonchev–Trinajstić information content (AvgIpc) is 2.38. The molecule has 1 heterocycles. The molecule has 1 aliphatic rings. The van der Waals surface area contributed by atoms with Crippen LogP contribution in [0.25, 0.3) is 0 Å². The predicted molar refractivity (Wildman–Crippen MR) is 79.3 cm³/mol. The Bertz CT molecular complexity index is 375. The van der Waals surface area contributed by atoms with Crippen molar-refractivity contribution in [3.63, 3.8) is 0 Å². The summed E-state index contributed by atoms with van der Waals surface area (Å²) in [7, 11) is 0. The molecule has 100 valence electrons. The molecule has 0 aliphatic carbocycles. The summed E-state index contributed by atoms with van der Waals surface area (Å²) in [5.41, 5.74) is 2.96. The summed E-state index contributed by atoms with van der Waals surface area (Å²) >= 11 is 0. The van der Waals surface area contributed by atoms with Gasteiger partial charge in [-0.2, -0.15) is 0 Å². The third-order valence-corrected chi connectivity index (χ3v) is 3.78. The van der Waals surface area contributed by atoms with Crippen LogP contribution < -0.4 is 10.2 Å². The fourth-order valence-electron chi connectivity index (χ4n) is 2.85. The van der Waals surface area contributed by atoms with E-state index < -0.39 is 0 Å². The highest BCUT2D eigenvalue weighted by atomic mass is 15.2. The van der Waals surface area contributed by atoms with Crippen molar-refractivity contribution in [2.75, 3.05) is 24.5 Å². The van der Waals surface area contributed by atoms with Crippen LogP contribution in [0.15, 0.2) is 24.3 Å². The molecule has 0 amide bonds. The van der Waals surface area contributed by atoms with Crippen molar-refractivity contribution in [2.45, 2.75) is 39.7 Å². The Morgan fingerprint density at radius 1 is 1.39 bits per heavy atom. The molecule has 2 atom stereocenters. The van der Waals surface area contributed by atoms with E-state index in [1.54, 1.807) is 0 Å². The van der Waals surface area contributed by atoms with Gasteiger partial charge in [0.25, 0.3) is 0 Å². The van der Waals surface area contributed by atoms with Gasteiger partial charge in [-0.15, -0.1) is 0 Å². The fourth-order valence-corrected chi connectivity index (χ4v) is 2.85. The van der Waals surface area contributed by atoms with E-state index in [2.05, 4.69) is 55.3 Å². The van der Waals surface area contributed by atoms with E-state index in [9.17, 15) is 0 Å². The molecule has 1 aromatic carbocycles. The SMILES string of the molecule is CCCNCC(C)N1CC(C)Cc2ccccc21. The molecule has 2 unspecified atom stereocenters. The van der Waals surface area contributed by atoms with Gasteiger partial charge in [0.15, 0.2) is 0 Å². The predicted octanol–water partition coefficient (Wildman–Crippen LogP) is 3.07. The van der Waals surface area contributed by atoms with E-state index >= 15 is 0 Å². The lowest BCUT2D eigenvalue weighted by atomic mass is 9.93. The maximum atomic E-state index is 3.54. The van der Waals surface area contributed by atoms with Crippen LogP contribution in [-0.4, -0.2) is 25.7 Å². The highest BCUT2D eigenvalue weighted by molar-refractivity contribution is 5.56. The second-order valence-corrected chi connectivity index (χ2v) is 5.64. The van der Waals surface area contributed by atoms with E-state index in [4.69, 9.17) is 0 Å². The van der Waals surface area contributed by atoms with E-state index in [1.807, 2.05) is 0 Å². The molecule has 1 aliphatic heterocycles. The molecule has 0 bridgehead atoms. The third-order valence-electron chi connectivity index (χ3n) is 3.78. The van der Waals surface area contributed by atoms with Crippen LogP contribution in [0, 0.1) is 5.92 Å². The first-order chi connectivity index (χ1) is 8.72. The minimum absolute atomic E-state index is 0.570. The third kappa shape index (κ3) is 3.05. The van der Waals surface area contributed by atoms with Gasteiger partial charge in [0.2, 0.25) is 0 Å². The number of hydrogen-bond donors (Lipinski definition) is 1. The van der Waals surface area contributed by atoms with Crippen molar-refractivity contribution < 1.29 is 0 Å². The van der Waals surface area contributed by atoms with E-state index in [0.717, 1.165) is 19.0 Å². The quantitative estimate of drug-likeness (QED) is 0.803. The lowest BCUT2D eigenvalue weighted by molar-refractivity contribution is 0.476. The van der Waals surface area contributed by atoms with Gasteiger partial charge < -0.3 is 10.2 Å². The Balaban J connectivity index is 2.08. The average molecular weight is 246 g/mol. The van der Waals surface area contributed by atoms with Crippen molar-refractivity contribution in [1.29, 1.82) is 0 Å². The normalized spacial score (nSPS) is 20.6. The largest absolute Gasteiger partial charge is 0.367 e. The van der Waals surface area contributed by atoms with Gasteiger partial charge in [-0.1, -0.05) is 32.0 Å². The molecule has 0 fully saturated rings. The Hall–Kier alpha value is -1.02. The number of anilines is 1. The van der Waals surface area contributed by atoms with Gasteiger partial charge in [-0.25, -0.2) is 0 Å². The molecule has 0 saturated carbocycles. The number of benzene rings is 1. The first-order valence-electron chi connectivity index (χ1n) is 7.27. The van der Waals surface area contributed by atoms with Gasteiger partial charge >= 0.3 is 0 Å². The van der Waals surface area contributed by atoms with Gasteiger partial charge in [-0.05, 0) is 43.9 Å². The molecule has 0 aromatic heterocycles. The van der Waals surface area contributed by atoms with Gasteiger partial charge in [0.1, 0.15) is 0 Å². The van der Waals surface area contributed by atoms with Crippen molar-refractivity contribution in [3.8, 4) is 0 Å². The Morgan fingerprint density at radius 3 is 2.94 bits per heavy atom. The summed E-state index contributed by atoms with van der Waals surface area (Å²) in [5, 5.41) is 3.54. The summed E-state index contributed by atoms with van der Waals surface area (Å²) in [6.07, 6.45) is 2.43. The van der Waals surface area contributed by atoms with Crippen molar-refractivity contribution >= 4 is 5.69 Å². The monoisotopic (exact) mass is 246 g/mol. The maximum Gasteiger partial charge on any atom is 0.0401 e. The first-order valence-corrected chi connectivity index (χ1v) is 7.27. The molecule has 0 spiro atoms. The zero-order chi connectivity index (χ0) is 13.0. The van der Waals surface area contributed by atoms with Crippen LogP contribution in [-0.2, 0) is 6.42 Å². The fraction of sp³-hybridized carbons (Fsp3) is 0.625. The minimum atomic E-state index is 0.570. The lowest BCUT2D eigenvalue weighted by Gasteiger charge is -2.39. The van der Waals surface area contributed by atoms with Crippen LogP contribution in [0.4, 0.5) is 5.69 Å². The molecule has 0 radical (unpaired) electrons. The van der Waals surface area contributed by atoms with Gasteiger partial charge in [0.05, 0.1) is 0 Å².